The largest absolute Gasteiger partial charge is 0.454 e. The molecule has 0 saturated heterocycles. The SMILES string of the molecule is c1ccc(-c2cc3c(oc4ccccc43)c(-c3ccccn3)n2)nc1. The van der Waals surface area contributed by atoms with Crippen LogP contribution in [0.5, 0.6) is 0 Å². The molecular formula is C21H13N3O. The summed E-state index contributed by atoms with van der Waals surface area (Å²) in [4.78, 5) is 13.7. The summed E-state index contributed by atoms with van der Waals surface area (Å²) in [6.45, 7) is 0. The summed E-state index contributed by atoms with van der Waals surface area (Å²) in [6.07, 6.45) is 3.54. The van der Waals surface area contributed by atoms with Crippen LogP contribution in [-0.2, 0) is 0 Å². The number of aromatic nitrogens is 3. The minimum absolute atomic E-state index is 0.731. The van der Waals surface area contributed by atoms with Crippen LogP contribution in [0.25, 0.3) is 44.7 Å². The van der Waals surface area contributed by atoms with E-state index in [0.29, 0.717) is 0 Å². The summed E-state index contributed by atoms with van der Waals surface area (Å²) in [7, 11) is 0. The third kappa shape index (κ3) is 2.27. The maximum absolute atomic E-state index is 6.11. The van der Waals surface area contributed by atoms with Gasteiger partial charge in [0.15, 0.2) is 5.58 Å². The van der Waals surface area contributed by atoms with Gasteiger partial charge < -0.3 is 4.42 Å². The van der Waals surface area contributed by atoms with E-state index in [1.165, 1.54) is 0 Å². The number of hydrogen-bond acceptors (Lipinski definition) is 4. The highest BCUT2D eigenvalue weighted by atomic mass is 16.3. The summed E-state index contributed by atoms with van der Waals surface area (Å²) in [5.41, 5.74) is 4.74. The lowest BCUT2D eigenvalue weighted by Gasteiger charge is -2.05. The Morgan fingerprint density at radius 2 is 1.36 bits per heavy atom. The molecule has 0 bridgehead atoms. The summed E-state index contributed by atoms with van der Waals surface area (Å²) < 4.78 is 6.11. The summed E-state index contributed by atoms with van der Waals surface area (Å²) >= 11 is 0. The maximum atomic E-state index is 6.11. The van der Waals surface area contributed by atoms with Crippen LogP contribution in [0.1, 0.15) is 0 Å². The van der Waals surface area contributed by atoms with Crippen molar-refractivity contribution in [3.05, 3.63) is 79.1 Å². The molecule has 4 nitrogen and oxygen atoms in total. The van der Waals surface area contributed by atoms with Gasteiger partial charge in [-0.25, -0.2) is 4.98 Å². The molecule has 0 N–H and O–H groups in total. The Labute approximate surface area is 143 Å². The van der Waals surface area contributed by atoms with Crippen LogP contribution in [0, 0.1) is 0 Å². The first-order chi connectivity index (χ1) is 12.4. The van der Waals surface area contributed by atoms with Crippen LogP contribution in [0.15, 0.2) is 83.5 Å². The van der Waals surface area contributed by atoms with Crippen molar-refractivity contribution in [1.82, 2.24) is 15.0 Å². The molecule has 4 aromatic heterocycles. The molecule has 0 aliphatic heterocycles. The second-order valence-corrected chi connectivity index (χ2v) is 5.76. The fraction of sp³-hybridized carbons (Fsp3) is 0. The van der Waals surface area contributed by atoms with E-state index in [9.17, 15) is 0 Å². The smallest absolute Gasteiger partial charge is 0.163 e. The van der Waals surface area contributed by atoms with E-state index >= 15 is 0 Å². The first-order valence-electron chi connectivity index (χ1n) is 8.05. The van der Waals surface area contributed by atoms with E-state index in [1.54, 1.807) is 12.4 Å². The standard InChI is InChI=1S/C21H13N3O/c1-2-10-19-14(7-1)15-13-18(16-8-3-5-11-22-16)24-20(21(15)25-19)17-9-4-6-12-23-17/h1-13H. The van der Waals surface area contributed by atoms with Crippen molar-refractivity contribution in [1.29, 1.82) is 0 Å². The Bertz CT molecular complexity index is 1180. The lowest BCUT2D eigenvalue weighted by molar-refractivity contribution is 0.668. The molecule has 5 rings (SSSR count). The van der Waals surface area contributed by atoms with Gasteiger partial charge in [-0.2, -0.15) is 0 Å². The summed E-state index contributed by atoms with van der Waals surface area (Å²) in [6, 6.07) is 21.6. The number of para-hydroxylation sites is 1. The molecule has 0 amide bonds. The molecule has 4 heterocycles. The molecule has 0 aliphatic carbocycles. The van der Waals surface area contributed by atoms with E-state index in [0.717, 1.165) is 44.7 Å². The van der Waals surface area contributed by atoms with Gasteiger partial charge in [0.05, 0.1) is 17.1 Å². The number of pyridine rings is 3. The second-order valence-electron chi connectivity index (χ2n) is 5.76. The fourth-order valence-corrected chi connectivity index (χ4v) is 3.05. The van der Waals surface area contributed by atoms with Crippen molar-refractivity contribution in [2.24, 2.45) is 0 Å². The van der Waals surface area contributed by atoms with Gasteiger partial charge >= 0.3 is 0 Å². The van der Waals surface area contributed by atoms with Crippen molar-refractivity contribution in [3.63, 3.8) is 0 Å². The topological polar surface area (TPSA) is 51.8 Å². The van der Waals surface area contributed by atoms with Crippen LogP contribution in [0.3, 0.4) is 0 Å². The zero-order valence-corrected chi connectivity index (χ0v) is 13.3. The Hall–Kier alpha value is -3.53. The molecule has 0 saturated carbocycles. The molecule has 0 spiro atoms. The van der Waals surface area contributed by atoms with Crippen LogP contribution in [0.4, 0.5) is 0 Å². The average Bonchev–Trinajstić information content (AvgIpc) is 3.07. The quantitative estimate of drug-likeness (QED) is 0.453. The molecule has 0 radical (unpaired) electrons. The third-order valence-electron chi connectivity index (χ3n) is 4.20. The Morgan fingerprint density at radius 1 is 0.640 bits per heavy atom. The van der Waals surface area contributed by atoms with Crippen molar-refractivity contribution in [2.75, 3.05) is 0 Å². The highest BCUT2D eigenvalue weighted by Crippen LogP contribution is 2.36. The first-order valence-corrected chi connectivity index (χ1v) is 8.05. The van der Waals surface area contributed by atoms with E-state index in [1.807, 2.05) is 60.7 Å². The number of benzene rings is 1. The minimum atomic E-state index is 0.731. The molecule has 0 fully saturated rings. The minimum Gasteiger partial charge on any atom is -0.454 e. The molecule has 0 atom stereocenters. The lowest BCUT2D eigenvalue weighted by atomic mass is 10.1. The number of fused-ring (bicyclic) bond motifs is 3. The Kier molecular flexibility index (Phi) is 3.07. The molecule has 0 aliphatic rings. The highest BCUT2D eigenvalue weighted by Gasteiger charge is 2.17. The average molecular weight is 323 g/mol. The molecular weight excluding hydrogens is 310 g/mol. The van der Waals surface area contributed by atoms with Gasteiger partial charge in [-0.3, -0.25) is 9.97 Å². The predicted octanol–water partition coefficient (Wildman–Crippen LogP) is 5.11. The van der Waals surface area contributed by atoms with E-state index in [4.69, 9.17) is 9.40 Å². The third-order valence-corrected chi connectivity index (χ3v) is 4.20. The van der Waals surface area contributed by atoms with Crippen molar-refractivity contribution in [2.45, 2.75) is 0 Å². The molecule has 1 aromatic carbocycles. The van der Waals surface area contributed by atoms with E-state index in [-0.39, 0.29) is 0 Å². The van der Waals surface area contributed by atoms with Crippen LogP contribution in [0.2, 0.25) is 0 Å². The number of nitrogens with zero attached hydrogens (tertiary/aromatic N) is 3. The summed E-state index contributed by atoms with van der Waals surface area (Å²) in [5.74, 6) is 0. The Balaban J connectivity index is 1.90. The van der Waals surface area contributed by atoms with Gasteiger partial charge in [0.1, 0.15) is 11.3 Å². The van der Waals surface area contributed by atoms with E-state index < -0.39 is 0 Å². The fourth-order valence-electron chi connectivity index (χ4n) is 3.05. The zero-order valence-electron chi connectivity index (χ0n) is 13.3. The second kappa shape index (κ2) is 5.53. The van der Waals surface area contributed by atoms with E-state index in [2.05, 4.69) is 16.0 Å². The normalized spacial score (nSPS) is 11.2. The molecule has 4 heteroatoms. The number of furan rings is 1. The van der Waals surface area contributed by atoms with Gasteiger partial charge in [-0.05, 0) is 36.4 Å². The molecule has 0 unspecified atom stereocenters. The molecule has 5 aromatic rings. The van der Waals surface area contributed by atoms with Gasteiger partial charge in [-0.1, -0.05) is 30.3 Å². The Morgan fingerprint density at radius 3 is 2.12 bits per heavy atom. The lowest BCUT2D eigenvalue weighted by Crippen LogP contribution is -1.92. The van der Waals surface area contributed by atoms with Crippen molar-refractivity contribution >= 4 is 21.9 Å². The summed E-state index contributed by atoms with van der Waals surface area (Å²) in [5, 5.41) is 2.08. The van der Waals surface area contributed by atoms with Gasteiger partial charge in [0.2, 0.25) is 0 Å². The first kappa shape index (κ1) is 13.9. The van der Waals surface area contributed by atoms with Crippen molar-refractivity contribution in [3.8, 4) is 22.8 Å². The van der Waals surface area contributed by atoms with Crippen LogP contribution in [-0.4, -0.2) is 15.0 Å². The van der Waals surface area contributed by atoms with Gasteiger partial charge in [-0.15, -0.1) is 0 Å². The van der Waals surface area contributed by atoms with Crippen LogP contribution >= 0.6 is 0 Å². The molecule has 25 heavy (non-hydrogen) atoms. The number of hydrogen-bond donors (Lipinski definition) is 0. The molecule has 118 valence electrons. The van der Waals surface area contributed by atoms with Crippen molar-refractivity contribution < 1.29 is 4.42 Å². The zero-order chi connectivity index (χ0) is 16.6. The highest BCUT2D eigenvalue weighted by molar-refractivity contribution is 6.09. The maximum Gasteiger partial charge on any atom is 0.163 e. The predicted molar refractivity (Wildman–Crippen MR) is 98.0 cm³/mol. The van der Waals surface area contributed by atoms with Crippen LogP contribution < -0.4 is 0 Å². The monoisotopic (exact) mass is 323 g/mol. The van der Waals surface area contributed by atoms with Gasteiger partial charge in [0.25, 0.3) is 0 Å². The number of rotatable bonds is 2. The van der Waals surface area contributed by atoms with Gasteiger partial charge in [0, 0.05) is 23.2 Å².